The maximum atomic E-state index is 13.1. The minimum Gasteiger partial charge on any atom is -0.328 e. The lowest BCUT2D eigenvalue weighted by atomic mass is 10.0. The number of carbonyl (C=O) groups excluding carboxylic acids is 1. The molecule has 0 unspecified atom stereocenters. The quantitative estimate of drug-likeness (QED) is 0.904. The first-order chi connectivity index (χ1) is 12.1. The molecule has 130 valence electrons. The third-order valence-electron chi connectivity index (χ3n) is 5.22. The summed E-state index contributed by atoms with van der Waals surface area (Å²) in [6.07, 6.45) is 5.40. The van der Waals surface area contributed by atoms with Crippen molar-refractivity contribution in [3.63, 3.8) is 0 Å². The van der Waals surface area contributed by atoms with Gasteiger partial charge in [-0.3, -0.25) is 14.6 Å². The second-order valence-corrected chi connectivity index (χ2v) is 6.84. The Hall–Kier alpha value is -2.47. The average Bonchev–Trinajstić information content (AvgIpc) is 3.07. The number of aromatic nitrogens is 2. The Morgan fingerprint density at radius 3 is 2.80 bits per heavy atom. The Bertz CT molecular complexity index is 843. The molecule has 1 amide bonds. The summed E-state index contributed by atoms with van der Waals surface area (Å²) in [4.78, 5) is 32.2. The molecule has 0 saturated carbocycles. The van der Waals surface area contributed by atoms with Crippen molar-refractivity contribution in [2.45, 2.75) is 38.9 Å². The molecular formula is C19H22N4O2. The van der Waals surface area contributed by atoms with Crippen LogP contribution in [0.4, 0.5) is 0 Å². The topological polar surface area (TPSA) is 67.2 Å². The van der Waals surface area contributed by atoms with Crippen LogP contribution in [0.25, 0.3) is 0 Å². The van der Waals surface area contributed by atoms with Crippen LogP contribution < -0.4 is 10.9 Å². The van der Waals surface area contributed by atoms with E-state index in [4.69, 9.17) is 0 Å². The fourth-order valence-corrected chi connectivity index (χ4v) is 3.78. The minimum atomic E-state index is -0.191. The number of nitrogens with one attached hydrogen (secondary N) is 1. The molecule has 2 aromatic heterocycles. The molecule has 2 aliphatic heterocycles. The highest BCUT2D eigenvalue weighted by Crippen LogP contribution is 2.23. The summed E-state index contributed by atoms with van der Waals surface area (Å²) in [5.74, 6) is -0.191. The van der Waals surface area contributed by atoms with Gasteiger partial charge in [0.05, 0.1) is 12.2 Å². The van der Waals surface area contributed by atoms with Gasteiger partial charge in [-0.25, -0.2) is 0 Å². The summed E-state index contributed by atoms with van der Waals surface area (Å²) < 4.78 is 1.75. The largest absolute Gasteiger partial charge is 0.328 e. The predicted octanol–water partition coefficient (Wildman–Crippen LogP) is 1.63. The predicted molar refractivity (Wildman–Crippen MR) is 94.4 cm³/mol. The van der Waals surface area contributed by atoms with E-state index in [-0.39, 0.29) is 17.5 Å². The van der Waals surface area contributed by atoms with Gasteiger partial charge in [0.1, 0.15) is 5.56 Å². The van der Waals surface area contributed by atoms with Crippen molar-refractivity contribution in [3.8, 4) is 0 Å². The van der Waals surface area contributed by atoms with Gasteiger partial charge in [0.2, 0.25) is 0 Å². The van der Waals surface area contributed by atoms with Gasteiger partial charge in [-0.15, -0.1) is 0 Å². The highest BCUT2D eigenvalue weighted by molar-refractivity contribution is 5.95. The molecule has 1 saturated heterocycles. The lowest BCUT2D eigenvalue weighted by Crippen LogP contribution is -2.38. The first kappa shape index (κ1) is 16.0. The molecule has 6 heteroatoms. The van der Waals surface area contributed by atoms with Crippen LogP contribution in [-0.2, 0) is 13.1 Å². The van der Waals surface area contributed by atoms with Crippen LogP contribution in [0.2, 0.25) is 0 Å². The van der Waals surface area contributed by atoms with Crippen molar-refractivity contribution < 1.29 is 4.79 Å². The number of fused-ring (bicyclic) bond motifs is 1. The van der Waals surface area contributed by atoms with E-state index >= 15 is 0 Å². The third-order valence-corrected chi connectivity index (χ3v) is 5.22. The molecule has 6 nitrogen and oxygen atoms in total. The van der Waals surface area contributed by atoms with Gasteiger partial charge in [-0.2, -0.15) is 0 Å². The number of piperidine rings is 1. The molecular weight excluding hydrogens is 316 g/mol. The molecule has 4 rings (SSSR count). The highest BCUT2D eigenvalue weighted by Gasteiger charge is 2.29. The van der Waals surface area contributed by atoms with Crippen molar-refractivity contribution in [1.82, 2.24) is 19.8 Å². The second kappa shape index (κ2) is 6.44. The van der Waals surface area contributed by atoms with Gasteiger partial charge >= 0.3 is 0 Å². The van der Waals surface area contributed by atoms with Crippen LogP contribution in [0.1, 0.15) is 46.1 Å². The van der Waals surface area contributed by atoms with Gasteiger partial charge in [-0.05, 0) is 56.1 Å². The second-order valence-electron chi connectivity index (χ2n) is 6.84. The lowest BCUT2D eigenvalue weighted by Gasteiger charge is -2.26. The fraction of sp³-hybridized carbons (Fsp3) is 0.421. The Morgan fingerprint density at radius 2 is 2.04 bits per heavy atom. The van der Waals surface area contributed by atoms with Gasteiger partial charge in [0.25, 0.3) is 11.5 Å². The third kappa shape index (κ3) is 2.87. The maximum absolute atomic E-state index is 13.1. The molecule has 0 spiro atoms. The summed E-state index contributed by atoms with van der Waals surface area (Å²) in [5.41, 5.74) is 2.85. The summed E-state index contributed by atoms with van der Waals surface area (Å²) >= 11 is 0. The van der Waals surface area contributed by atoms with Crippen LogP contribution in [0.15, 0.2) is 35.4 Å². The van der Waals surface area contributed by atoms with Gasteiger partial charge in [-0.1, -0.05) is 6.07 Å². The van der Waals surface area contributed by atoms with Crippen molar-refractivity contribution in [1.29, 1.82) is 0 Å². The molecule has 0 aromatic carbocycles. The SMILES string of the molecule is Cc1ccn(C2CCNCC2)c(=O)c1C(=O)N1Cc2cccnc2C1. The molecule has 1 fully saturated rings. The molecule has 0 radical (unpaired) electrons. The molecule has 0 aliphatic carbocycles. The standard InChI is InChI=1S/C19H22N4O2/c1-13-6-10-23(15-4-8-20-9-5-15)19(25)17(13)18(24)22-11-14-3-2-7-21-16(14)12-22/h2-3,6-7,10,15,20H,4-5,8-9,11-12H2,1H3. The zero-order valence-corrected chi connectivity index (χ0v) is 14.4. The molecule has 1 N–H and O–H groups in total. The highest BCUT2D eigenvalue weighted by atomic mass is 16.2. The van der Waals surface area contributed by atoms with Crippen LogP contribution in [0, 0.1) is 6.92 Å². The number of hydrogen-bond donors (Lipinski definition) is 1. The van der Waals surface area contributed by atoms with E-state index in [1.165, 1.54) is 0 Å². The Morgan fingerprint density at radius 1 is 1.24 bits per heavy atom. The molecule has 2 aliphatic rings. The van der Waals surface area contributed by atoms with Crippen molar-refractivity contribution in [3.05, 3.63) is 63.3 Å². The smallest absolute Gasteiger partial charge is 0.263 e. The van der Waals surface area contributed by atoms with E-state index in [1.807, 2.05) is 31.3 Å². The zero-order valence-electron chi connectivity index (χ0n) is 14.4. The summed E-state index contributed by atoms with van der Waals surface area (Å²) in [5, 5.41) is 3.31. The normalized spacial score (nSPS) is 17.6. The number of rotatable bonds is 2. The molecule has 2 aromatic rings. The first-order valence-electron chi connectivity index (χ1n) is 8.79. The molecule has 25 heavy (non-hydrogen) atoms. The fourth-order valence-electron chi connectivity index (χ4n) is 3.78. The van der Waals surface area contributed by atoms with E-state index in [0.29, 0.717) is 18.7 Å². The first-order valence-corrected chi connectivity index (χ1v) is 8.79. The average molecular weight is 338 g/mol. The Kier molecular flexibility index (Phi) is 4.13. The van der Waals surface area contributed by atoms with E-state index < -0.39 is 0 Å². The number of carbonyl (C=O) groups is 1. The van der Waals surface area contributed by atoms with E-state index in [9.17, 15) is 9.59 Å². The van der Waals surface area contributed by atoms with Crippen LogP contribution in [0.3, 0.4) is 0 Å². The van der Waals surface area contributed by atoms with Crippen LogP contribution in [-0.4, -0.2) is 33.4 Å². The lowest BCUT2D eigenvalue weighted by molar-refractivity contribution is 0.0746. The van der Waals surface area contributed by atoms with E-state index in [1.54, 1.807) is 15.7 Å². The number of nitrogens with zero attached hydrogens (tertiary/aromatic N) is 3. The van der Waals surface area contributed by atoms with Crippen LogP contribution in [0.5, 0.6) is 0 Å². The van der Waals surface area contributed by atoms with Gasteiger partial charge < -0.3 is 14.8 Å². The molecule has 0 bridgehead atoms. The van der Waals surface area contributed by atoms with E-state index in [2.05, 4.69) is 10.3 Å². The molecule has 4 heterocycles. The molecule has 0 atom stereocenters. The minimum absolute atomic E-state index is 0.165. The number of aryl methyl sites for hydroxylation is 1. The Labute approximate surface area is 146 Å². The number of hydrogen-bond acceptors (Lipinski definition) is 4. The summed E-state index contributed by atoms with van der Waals surface area (Å²) in [6, 6.07) is 5.92. The number of amides is 1. The van der Waals surface area contributed by atoms with Crippen molar-refractivity contribution in [2.24, 2.45) is 0 Å². The van der Waals surface area contributed by atoms with Crippen molar-refractivity contribution in [2.75, 3.05) is 13.1 Å². The summed E-state index contributed by atoms with van der Waals surface area (Å²) in [7, 11) is 0. The van der Waals surface area contributed by atoms with Crippen molar-refractivity contribution >= 4 is 5.91 Å². The number of pyridine rings is 2. The van der Waals surface area contributed by atoms with Gasteiger partial charge in [0.15, 0.2) is 0 Å². The zero-order chi connectivity index (χ0) is 17.4. The monoisotopic (exact) mass is 338 g/mol. The van der Waals surface area contributed by atoms with E-state index in [0.717, 1.165) is 42.8 Å². The Balaban J connectivity index is 1.66. The van der Waals surface area contributed by atoms with Gasteiger partial charge in [0, 0.05) is 25.0 Å². The summed E-state index contributed by atoms with van der Waals surface area (Å²) in [6.45, 7) is 4.63. The van der Waals surface area contributed by atoms with Crippen LogP contribution >= 0.6 is 0 Å². The maximum Gasteiger partial charge on any atom is 0.263 e.